The zero-order chi connectivity index (χ0) is 18.8. The van der Waals surface area contributed by atoms with Crippen LogP contribution in [0.1, 0.15) is 44.2 Å². The van der Waals surface area contributed by atoms with Crippen LogP contribution in [-0.2, 0) is 4.79 Å². The number of benzene rings is 2. The second kappa shape index (κ2) is 10.2. The van der Waals surface area contributed by atoms with Gasteiger partial charge in [-0.1, -0.05) is 32.0 Å². The zero-order valence-corrected chi connectivity index (χ0v) is 15.6. The van der Waals surface area contributed by atoms with Gasteiger partial charge in [-0.25, -0.2) is 5.43 Å². The summed E-state index contributed by atoms with van der Waals surface area (Å²) in [6.45, 7) is 6.76. The van der Waals surface area contributed by atoms with Crippen molar-refractivity contribution in [2.24, 2.45) is 5.10 Å². The number of nitrogens with zero attached hydrogens (tertiary/aromatic N) is 1. The second-order valence-corrected chi connectivity index (χ2v) is 5.93. The molecule has 0 radical (unpaired) electrons. The van der Waals surface area contributed by atoms with Crippen LogP contribution in [0, 0.1) is 0 Å². The van der Waals surface area contributed by atoms with Gasteiger partial charge in [0, 0.05) is 0 Å². The quantitative estimate of drug-likeness (QED) is 0.544. The SMILES string of the molecule is CCOc1ccc(/C=N/NC(=O)COc2ccccc2C(C)CC)cc1. The molecule has 5 nitrogen and oxygen atoms in total. The van der Waals surface area contributed by atoms with Gasteiger partial charge >= 0.3 is 0 Å². The van der Waals surface area contributed by atoms with Gasteiger partial charge in [-0.15, -0.1) is 0 Å². The van der Waals surface area contributed by atoms with E-state index in [1.54, 1.807) is 6.21 Å². The number of nitrogens with one attached hydrogen (secondary N) is 1. The van der Waals surface area contributed by atoms with Gasteiger partial charge < -0.3 is 9.47 Å². The van der Waals surface area contributed by atoms with Gasteiger partial charge in [-0.05, 0) is 60.7 Å². The van der Waals surface area contributed by atoms with Crippen LogP contribution in [0.2, 0.25) is 0 Å². The van der Waals surface area contributed by atoms with E-state index >= 15 is 0 Å². The van der Waals surface area contributed by atoms with Gasteiger partial charge in [-0.3, -0.25) is 4.79 Å². The van der Waals surface area contributed by atoms with E-state index in [1.807, 2.05) is 55.5 Å². The summed E-state index contributed by atoms with van der Waals surface area (Å²) in [4.78, 5) is 11.9. The van der Waals surface area contributed by atoms with Crippen LogP contribution >= 0.6 is 0 Å². The van der Waals surface area contributed by atoms with Crippen molar-refractivity contribution < 1.29 is 14.3 Å². The smallest absolute Gasteiger partial charge is 0.277 e. The Labute approximate surface area is 155 Å². The van der Waals surface area contributed by atoms with Crippen molar-refractivity contribution in [2.75, 3.05) is 13.2 Å². The van der Waals surface area contributed by atoms with E-state index in [1.165, 1.54) is 0 Å². The maximum absolute atomic E-state index is 11.9. The number of amides is 1. The van der Waals surface area contributed by atoms with Crippen molar-refractivity contribution in [3.63, 3.8) is 0 Å². The lowest BCUT2D eigenvalue weighted by atomic mass is 9.98. The number of rotatable bonds is 9. The summed E-state index contributed by atoms with van der Waals surface area (Å²) in [7, 11) is 0. The first kappa shape index (κ1) is 19.5. The molecular weight excluding hydrogens is 328 g/mol. The first-order valence-corrected chi connectivity index (χ1v) is 8.90. The molecule has 5 heteroatoms. The minimum atomic E-state index is -0.300. The van der Waals surface area contributed by atoms with Crippen LogP contribution in [0.3, 0.4) is 0 Å². The number of hydrogen-bond acceptors (Lipinski definition) is 4. The summed E-state index contributed by atoms with van der Waals surface area (Å²) in [6.07, 6.45) is 2.60. The molecule has 1 atom stereocenters. The lowest BCUT2D eigenvalue weighted by Gasteiger charge is -2.15. The third-order valence-corrected chi connectivity index (χ3v) is 4.02. The van der Waals surface area contributed by atoms with Crippen LogP contribution in [0.4, 0.5) is 0 Å². The van der Waals surface area contributed by atoms with Crippen LogP contribution in [-0.4, -0.2) is 25.3 Å². The van der Waals surface area contributed by atoms with Crippen LogP contribution < -0.4 is 14.9 Å². The predicted octanol–water partition coefficient (Wildman–Crippen LogP) is 4.13. The molecule has 0 saturated carbocycles. The summed E-state index contributed by atoms with van der Waals surface area (Å²) in [5.74, 6) is 1.63. The van der Waals surface area contributed by atoms with E-state index in [0.717, 1.165) is 29.0 Å². The van der Waals surface area contributed by atoms with E-state index in [2.05, 4.69) is 24.4 Å². The van der Waals surface area contributed by atoms with Crippen molar-refractivity contribution in [1.29, 1.82) is 0 Å². The number of carbonyl (C=O) groups is 1. The topological polar surface area (TPSA) is 59.9 Å². The van der Waals surface area contributed by atoms with E-state index in [-0.39, 0.29) is 12.5 Å². The summed E-state index contributed by atoms with van der Waals surface area (Å²) in [6, 6.07) is 15.3. The number of para-hydroxylation sites is 1. The van der Waals surface area contributed by atoms with E-state index in [9.17, 15) is 4.79 Å². The van der Waals surface area contributed by atoms with Crippen LogP contribution in [0.25, 0.3) is 0 Å². The summed E-state index contributed by atoms with van der Waals surface area (Å²) in [5.41, 5.74) is 4.46. The molecule has 0 bridgehead atoms. The molecule has 26 heavy (non-hydrogen) atoms. The van der Waals surface area contributed by atoms with Gasteiger partial charge in [0.05, 0.1) is 12.8 Å². The average molecular weight is 354 g/mol. The zero-order valence-electron chi connectivity index (χ0n) is 15.6. The molecule has 1 N–H and O–H groups in total. The average Bonchev–Trinajstić information content (AvgIpc) is 2.67. The Balaban J connectivity index is 1.84. The Morgan fingerprint density at radius 1 is 1.12 bits per heavy atom. The van der Waals surface area contributed by atoms with E-state index in [4.69, 9.17) is 9.47 Å². The fraction of sp³-hybridized carbons (Fsp3) is 0.333. The Morgan fingerprint density at radius 2 is 1.85 bits per heavy atom. The standard InChI is InChI=1S/C21H26N2O3/c1-4-16(3)19-8-6-7-9-20(19)26-15-21(24)23-22-14-17-10-12-18(13-11-17)25-5-2/h6-14,16H,4-5,15H2,1-3H3,(H,23,24)/b22-14+. The molecule has 1 unspecified atom stereocenters. The van der Waals surface area contributed by atoms with Crippen molar-refractivity contribution in [2.45, 2.75) is 33.1 Å². The molecule has 138 valence electrons. The first-order valence-electron chi connectivity index (χ1n) is 8.90. The molecule has 0 aromatic heterocycles. The summed E-state index contributed by atoms with van der Waals surface area (Å²) >= 11 is 0. The van der Waals surface area contributed by atoms with Crippen LogP contribution in [0.15, 0.2) is 53.6 Å². The third kappa shape index (κ3) is 5.92. The Kier molecular flexibility index (Phi) is 7.68. The third-order valence-electron chi connectivity index (χ3n) is 4.02. The van der Waals surface area contributed by atoms with Crippen molar-refractivity contribution in [1.82, 2.24) is 5.43 Å². The Hall–Kier alpha value is -2.82. The van der Waals surface area contributed by atoms with Crippen LogP contribution in [0.5, 0.6) is 11.5 Å². The molecule has 0 spiro atoms. The van der Waals surface area contributed by atoms with E-state index in [0.29, 0.717) is 12.5 Å². The van der Waals surface area contributed by atoms with Gasteiger partial charge in [0.15, 0.2) is 6.61 Å². The molecular formula is C21H26N2O3. The normalized spacial score (nSPS) is 12.0. The fourth-order valence-electron chi connectivity index (χ4n) is 2.41. The minimum absolute atomic E-state index is 0.0753. The van der Waals surface area contributed by atoms with Gasteiger partial charge in [0.1, 0.15) is 11.5 Å². The number of hydrazone groups is 1. The highest BCUT2D eigenvalue weighted by molar-refractivity contribution is 5.83. The van der Waals surface area contributed by atoms with Gasteiger partial charge in [0.2, 0.25) is 0 Å². The summed E-state index contributed by atoms with van der Waals surface area (Å²) in [5, 5.41) is 3.96. The summed E-state index contributed by atoms with van der Waals surface area (Å²) < 4.78 is 11.0. The second-order valence-electron chi connectivity index (χ2n) is 5.93. The van der Waals surface area contributed by atoms with E-state index < -0.39 is 0 Å². The molecule has 0 fully saturated rings. The monoisotopic (exact) mass is 354 g/mol. The molecule has 2 aromatic carbocycles. The number of ether oxygens (including phenoxy) is 2. The number of hydrogen-bond donors (Lipinski definition) is 1. The molecule has 0 aliphatic heterocycles. The minimum Gasteiger partial charge on any atom is -0.494 e. The van der Waals surface area contributed by atoms with Gasteiger partial charge in [-0.2, -0.15) is 5.10 Å². The molecule has 0 saturated heterocycles. The predicted molar refractivity (Wildman–Crippen MR) is 104 cm³/mol. The lowest BCUT2D eigenvalue weighted by molar-refractivity contribution is -0.123. The molecule has 0 aliphatic rings. The molecule has 1 amide bonds. The van der Waals surface area contributed by atoms with Gasteiger partial charge in [0.25, 0.3) is 5.91 Å². The maximum atomic E-state index is 11.9. The van der Waals surface area contributed by atoms with Crippen molar-refractivity contribution >= 4 is 12.1 Å². The maximum Gasteiger partial charge on any atom is 0.277 e. The molecule has 2 aromatic rings. The highest BCUT2D eigenvalue weighted by Gasteiger charge is 2.10. The number of carbonyl (C=O) groups excluding carboxylic acids is 1. The lowest BCUT2D eigenvalue weighted by Crippen LogP contribution is -2.24. The highest BCUT2D eigenvalue weighted by Crippen LogP contribution is 2.28. The van der Waals surface area contributed by atoms with Crippen molar-refractivity contribution in [3.05, 3.63) is 59.7 Å². The van der Waals surface area contributed by atoms with Crippen molar-refractivity contribution in [3.8, 4) is 11.5 Å². The largest absolute Gasteiger partial charge is 0.494 e. The molecule has 0 aliphatic carbocycles. The molecule has 0 heterocycles. The highest BCUT2D eigenvalue weighted by atomic mass is 16.5. The first-order chi connectivity index (χ1) is 12.6. The Morgan fingerprint density at radius 3 is 2.54 bits per heavy atom. The Bertz CT molecular complexity index is 726. The fourth-order valence-corrected chi connectivity index (χ4v) is 2.41. The molecule has 2 rings (SSSR count).